The third-order valence-electron chi connectivity index (χ3n) is 3.94. The summed E-state index contributed by atoms with van der Waals surface area (Å²) in [5.41, 5.74) is 1.10. The second-order valence-electron chi connectivity index (χ2n) is 5.14. The minimum atomic E-state index is 0.307. The summed E-state index contributed by atoms with van der Waals surface area (Å²) in [5, 5.41) is 0. The van der Waals surface area contributed by atoms with Gasteiger partial charge in [-0.3, -0.25) is 9.78 Å². The van der Waals surface area contributed by atoms with E-state index < -0.39 is 0 Å². The van der Waals surface area contributed by atoms with Crippen LogP contribution in [0.4, 0.5) is 0 Å². The van der Waals surface area contributed by atoms with E-state index in [0.29, 0.717) is 18.1 Å². The smallest absolute Gasteiger partial charge is 0.140 e. The number of carbonyl (C=O) groups excluding carboxylic acids is 1. The molecule has 1 heterocycles. The minimum absolute atomic E-state index is 0.307. The van der Waals surface area contributed by atoms with Gasteiger partial charge in [0.05, 0.1) is 0 Å². The lowest BCUT2D eigenvalue weighted by Crippen LogP contribution is -2.24. The predicted octanol–water partition coefficient (Wildman–Crippen LogP) is 3.41. The molecule has 1 aromatic rings. The number of aromatic nitrogens is 1. The second-order valence-corrected chi connectivity index (χ2v) is 5.14. The van der Waals surface area contributed by atoms with E-state index in [0.717, 1.165) is 24.3 Å². The maximum absolute atomic E-state index is 12.2. The molecular weight excluding hydrogens is 210 g/mol. The van der Waals surface area contributed by atoms with Gasteiger partial charge in [0.25, 0.3) is 0 Å². The lowest BCUT2D eigenvalue weighted by Gasteiger charge is -2.27. The Morgan fingerprint density at radius 2 is 2.12 bits per heavy atom. The molecule has 0 radical (unpaired) electrons. The molecule has 17 heavy (non-hydrogen) atoms. The number of ketones is 1. The Morgan fingerprint density at radius 1 is 1.35 bits per heavy atom. The zero-order chi connectivity index (χ0) is 12.1. The van der Waals surface area contributed by atoms with Crippen molar-refractivity contribution in [2.75, 3.05) is 0 Å². The maximum atomic E-state index is 12.2. The maximum Gasteiger partial charge on any atom is 0.140 e. The molecular formula is C15H21NO. The first kappa shape index (κ1) is 12.3. The van der Waals surface area contributed by atoms with Crippen LogP contribution in [0.5, 0.6) is 0 Å². The number of Topliss-reactive ketones (excluding diaryl/α,β-unsaturated/α-hetero) is 1. The summed E-state index contributed by atoms with van der Waals surface area (Å²) in [5.74, 6) is 1.51. The Morgan fingerprint density at radius 3 is 2.82 bits per heavy atom. The van der Waals surface area contributed by atoms with Crippen molar-refractivity contribution in [2.45, 2.75) is 45.4 Å². The topological polar surface area (TPSA) is 30.0 Å². The van der Waals surface area contributed by atoms with Crippen molar-refractivity contribution in [3.63, 3.8) is 0 Å². The molecule has 0 bridgehead atoms. The zero-order valence-corrected chi connectivity index (χ0v) is 10.6. The van der Waals surface area contributed by atoms with Crippen LogP contribution in [0.2, 0.25) is 0 Å². The summed E-state index contributed by atoms with van der Waals surface area (Å²) in [6.07, 6.45) is 10.1. The molecule has 1 aliphatic carbocycles. The fraction of sp³-hybridized carbons (Fsp3) is 0.600. The molecule has 0 N–H and O–H groups in total. The van der Waals surface area contributed by atoms with Gasteiger partial charge in [0, 0.05) is 24.7 Å². The quantitative estimate of drug-likeness (QED) is 0.794. The number of pyridine rings is 1. The van der Waals surface area contributed by atoms with Crippen LogP contribution in [0.1, 0.15) is 44.6 Å². The van der Waals surface area contributed by atoms with Crippen molar-refractivity contribution in [1.82, 2.24) is 4.98 Å². The zero-order valence-electron chi connectivity index (χ0n) is 10.6. The largest absolute Gasteiger partial charge is 0.299 e. The summed E-state index contributed by atoms with van der Waals surface area (Å²) in [4.78, 5) is 16.2. The van der Waals surface area contributed by atoms with Gasteiger partial charge in [0.1, 0.15) is 5.78 Å². The number of hydrogen-bond donors (Lipinski definition) is 0. The molecule has 2 heteroatoms. The SMILES string of the molecule is CCC1CCCC(C(=O)Cc2ccncc2)C1. The summed E-state index contributed by atoms with van der Waals surface area (Å²) in [6, 6.07) is 3.88. The van der Waals surface area contributed by atoms with Gasteiger partial charge in [-0.25, -0.2) is 0 Å². The van der Waals surface area contributed by atoms with Gasteiger partial charge >= 0.3 is 0 Å². The number of carbonyl (C=O) groups is 1. The molecule has 2 unspecified atom stereocenters. The van der Waals surface area contributed by atoms with Crippen LogP contribution in [-0.4, -0.2) is 10.8 Å². The van der Waals surface area contributed by atoms with Crippen LogP contribution in [0.25, 0.3) is 0 Å². The number of nitrogens with zero attached hydrogens (tertiary/aromatic N) is 1. The number of rotatable bonds is 4. The predicted molar refractivity (Wildman–Crippen MR) is 68.7 cm³/mol. The average Bonchev–Trinajstić information content (AvgIpc) is 2.40. The normalized spacial score (nSPS) is 24.5. The first-order valence-electron chi connectivity index (χ1n) is 6.71. The lowest BCUT2D eigenvalue weighted by molar-refractivity contribution is -0.123. The van der Waals surface area contributed by atoms with Gasteiger partial charge in [-0.2, -0.15) is 0 Å². The van der Waals surface area contributed by atoms with E-state index in [1.54, 1.807) is 12.4 Å². The molecule has 2 rings (SSSR count). The fourth-order valence-corrected chi connectivity index (χ4v) is 2.80. The fourth-order valence-electron chi connectivity index (χ4n) is 2.80. The Balaban J connectivity index is 1.91. The Bertz CT molecular complexity index is 360. The van der Waals surface area contributed by atoms with E-state index in [-0.39, 0.29) is 0 Å². The van der Waals surface area contributed by atoms with Crippen LogP contribution in [0.15, 0.2) is 24.5 Å². The van der Waals surface area contributed by atoms with E-state index in [2.05, 4.69) is 11.9 Å². The summed E-state index contributed by atoms with van der Waals surface area (Å²) < 4.78 is 0. The molecule has 1 aromatic heterocycles. The molecule has 92 valence electrons. The van der Waals surface area contributed by atoms with E-state index in [9.17, 15) is 4.79 Å². The standard InChI is InChI=1S/C15H21NO/c1-2-12-4-3-5-14(10-12)15(17)11-13-6-8-16-9-7-13/h6-9,12,14H,2-5,10-11H2,1H3. The van der Waals surface area contributed by atoms with E-state index in [4.69, 9.17) is 0 Å². The van der Waals surface area contributed by atoms with Crippen molar-refractivity contribution in [1.29, 1.82) is 0 Å². The van der Waals surface area contributed by atoms with Crippen LogP contribution in [-0.2, 0) is 11.2 Å². The summed E-state index contributed by atoms with van der Waals surface area (Å²) >= 11 is 0. The van der Waals surface area contributed by atoms with Gasteiger partial charge in [-0.1, -0.05) is 26.2 Å². The van der Waals surface area contributed by atoms with Gasteiger partial charge < -0.3 is 0 Å². The van der Waals surface area contributed by atoms with Crippen LogP contribution in [0, 0.1) is 11.8 Å². The second kappa shape index (κ2) is 5.95. The van der Waals surface area contributed by atoms with Crippen molar-refractivity contribution < 1.29 is 4.79 Å². The molecule has 1 saturated carbocycles. The molecule has 0 spiro atoms. The van der Waals surface area contributed by atoms with E-state index in [1.807, 2.05) is 12.1 Å². The highest BCUT2D eigenvalue weighted by molar-refractivity contribution is 5.83. The van der Waals surface area contributed by atoms with Gasteiger partial charge in [0.15, 0.2) is 0 Å². The molecule has 0 amide bonds. The molecule has 1 aliphatic rings. The monoisotopic (exact) mass is 231 g/mol. The average molecular weight is 231 g/mol. The highest BCUT2D eigenvalue weighted by Crippen LogP contribution is 2.32. The third kappa shape index (κ3) is 3.39. The Labute approximate surface area is 103 Å². The van der Waals surface area contributed by atoms with Gasteiger partial charge in [-0.15, -0.1) is 0 Å². The van der Waals surface area contributed by atoms with E-state index >= 15 is 0 Å². The highest BCUT2D eigenvalue weighted by Gasteiger charge is 2.25. The molecule has 2 atom stereocenters. The first-order chi connectivity index (χ1) is 8.29. The molecule has 2 nitrogen and oxygen atoms in total. The molecule has 0 aromatic carbocycles. The van der Waals surface area contributed by atoms with E-state index in [1.165, 1.54) is 19.3 Å². The van der Waals surface area contributed by atoms with Gasteiger partial charge in [-0.05, 0) is 36.5 Å². The first-order valence-corrected chi connectivity index (χ1v) is 6.71. The number of hydrogen-bond acceptors (Lipinski definition) is 2. The molecule has 1 fully saturated rings. The van der Waals surface area contributed by atoms with Crippen molar-refractivity contribution in [3.05, 3.63) is 30.1 Å². The van der Waals surface area contributed by atoms with Crippen LogP contribution in [0.3, 0.4) is 0 Å². The molecule has 0 aliphatic heterocycles. The van der Waals surface area contributed by atoms with Crippen molar-refractivity contribution in [3.8, 4) is 0 Å². The summed E-state index contributed by atoms with van der Waals surface area (Å²) in [7, 11) is 0. The van der Waals surface area contributed by atoms with Crippen molar-refractivity contribution in [2.24, 2.45) is 11.8 Å². The minimum Gasteiger partial charge on any atom is -0.299 e. The highest BCUT2D eigenvalue weighted by atomic mass is 16.1. The van der Waals surface area contributed by atoms with Crippen LogP contribution >= 0.6 is 0 Å². The molecule has 0 saturated heterocycles. The Kier molecular flexibility index (Phi) is 4.29. The third-order valence-corrected chi connectivity index (χ3v) is 3.94. The lowest BCUT2D eigenvalue weighted by atomic mass is 9.77. The van der Waals surface area contributed by atoms with Gasteiger partial charge in [0.2, 0.25) is 0 Å². The van der Waals surface area contributed by atoms with Crippen LogP contribution < -0.4 is 0 Å². The Hall–Kier alpha value is -1.18. The van der Waals surface area contributed by atoms with Crippen molar-refractivity contribution >= 4 is 5.78 Å². The summed E-state index contributed by atoms with van der Waals surface area (Å²) in [6.45, 7) is 2.24.